The van der Waals surface area contributed by atoms with Crippen LogP contribution in [-0.4, -0.2) is 16.1 Å². The van der Waals surface area contributed by atoms with Gasteiger partial charge in [0.25, 0.3) is 0 Å². The Hall–Kier alpha value is -6.36. The molecule has 7 aromatic carbocycles. The maximum absolute atomic E-state index is 5.22. The van der Waals surface area contributed by atoms with Crippen molar-refractivity contribution in [1.82, 2.24) is 4.57 Å². The molecule has 0 amide bonds. The van der Waals surface area contributed by atoms with Crippen LogP contribution in [0, 0.1) is 0 Å². The van der Waals surface area contributed by atoms with E-state index in [1.54, 1.807) is 0 Å². The molecule has 9 rings (SSSR count). The molecule has 0 saturated carbocycles. The summed E-state index contributed by atoms with van der Waals surface area (Å²) in [5.41, 5.74) is 10.4. The molecule has 0 fully saturated rings. The van der Waals surface area contributed by atoms with Crippen LogP contribution in [0.1, 0.15) is 23.6 Å². The van der Waals surface area contributed by atoms with Crippen LogP contribution in [0.4, 0.5) is 0 Å². The minimum Gasteiger partial charge on any atom is -0.309 e. The van der Waals surface area contributed by atoms with Gasteiger partial charge in [0.1, 0.15) is 0 Å². The van der Waals surface area contributed by atoms with Crippen LogP contribution in [0.2, 0.25) is 0 Å². The molecule has 0 bridgehead atoms. The van der Waals surface area contributed by atoms with Crippen LogP contribution in [0.15, 0.2) is 186 Å². The van der Waals surface area contributed by atoms with Crippen LogP contribution in [-0.2, 0) is 0 Å². The van der Waals surface area contributed by atoms with Gasteiger partial charge in [-0.1, -0.05) is 128 Å². The summed E-state index contributed by atoms with van der Waals surface area (Å²) in [6.45, 7) is 6.65. The lowest BCUT2D eigenvalue weighted by atomic mass is 9.96. The predicted molar refractivity (Wildman–Crippen MR) is 220 cm³/mol. The Kier molecular flexibility index (Phi) is 7.72. The number of fused-ring (bicyclic) bond motifs is 6. The molecule has 9 aromatic rings. The topological polar surface area (TPSA) is 29.6 Å². The highest BCUT2D eigenvalue weighted by molar-refractivity contribution is 7.25. The van der Waals surface area contributed by atoms with Crippen molar-refractivity contribution in [1.29, 1.82) is 0 Å². The number of thiophene rings is 1. The SMILES string of the molecule is C=C(/N=C(\N=C(/C)c1ccccc1)c1ccccc1)c1cc(-c2ccc3c(c2)c2ccccc2n3-c2ccccc2)cc2sc3ccccc3c12. The number of nitrogens with zero attached hydrogens (tertiary/aromatic N) is 3. The molecule has 3 nitrogen and oxygen atoms in total. The molecule has 51 heavy (non-hydrogen) atoms. The third-order valence-corrected chi connectivity index (χ3v) is 10.7. The number of hydrogen-bond donors (Lipinski definition) is 0. The summed E-state index contributed by atoms with van der Waals surface area (Å²) in [4.78, 5) is 10.3. The smallest absolute Gasteiger partial charge is 0.160 e. The van der Waals surface area contributed by atoms with Gasteiger partial charge in [-0.2, -0.15) is 0 Å². The van der Waals surface area contributed by atoms with Crippen LogP contribution in [0.3, 0.4) is 0 Å². The summed E-state index contributed by atoms with van der Waals surface area (Å²) >= 11 is 1.81. The minimum absolute atomic E-state index is 0.634. The first-order valence-electron chi connectivity index (χ1n) is 17.1. The molecule has 0 atom stereocenters. The predicted octanol–water partition coefficient (Wildman–Crippen LogP) is 12.7. The average Bonchev–Trinajstić information content (AvgIpc) is 3.73. The van der Waals surface area contributed by atoms with Gasteiger partial charge in [-0.05, 0) is 72.1 Å². The zero-order valence-electron chi connectivity index (χ0n) is 28.1. The van der Waals surface area contributed by atoms with Gasteiger partial charge in [0, 0.05) is 53.5 Å². The van der Waals surface area contributed by atoms with E-state index in [0.717, 1.165) is 39.2 Å². The van der Waals surface area contributed by atoms with Crippen LogP contribution in [0.25, 0.3) is 64.5 Å². The van der Waals surface area contributed by atoms with Crippen LogP contribution < -0.4 is 0 Å². The van der Waals surface area contributed by atoms with E-state index in [0.29, 0.717) is 11.5 Å². The maximum Gasteiger partial charge on any atom is 0.160 e. The highest BCUT2D eigenvalue weighted by atomic mass is 32.1. The molecule has 0 N–H and O–H groups in total. The second kappa shape index (κ2) is 12.8. The monoisotopic (exact) mass is 671 g/mol. The molecule has 2 aromatic heterocycles. The molecule has 0 aliphatic carbocycles. The molecule has 0 aliphatic rings. The maximum atomic E-state index is 5.22. The summed E-state index contributed by atoms with van der Waals surface area (Å²) in [7, 11) is 0. The third kappa shape index (κ3) is 5.56. The molecule has 0 unspecified atom stereocenters. The number of aromatic nitrogens is 1. The summed E-state index contributed by atoms with van der Waals surface area (Å²) in [5, 5.41) is 4.83. The van der Waals surface area contributed by atoms with E-state index in [1.807, 2.05) is 54.7 Å². The second-order valence-electron chi connectivity index (χ2n) is 12.7. The summed E-state index contributed by atoms with van der Waals surface area (Å²) in [6, 6.07) is 59.7. The molecule has 242 valence electrons. The molecular weight excluding hydrogens is 639 g/mol. The van der Waals surface area contributed by atoms with E-state index in [-0.39, 0.29) is 0 Å². The Morgan fingerprint density at radius 1 is 0.529 bits per heavy atom. The first-order valence-corrected chi connectivity index (χ1v) is 17.9. The van der Waals surface area contributed by atoms with Gasteiger partial charge in [0.05, 0.1) is 16.7 Å². The Morgan fingerprint density at radius 2 is 1.16 bits per heavy atom. The fourth-order valence-corrected chi connectivity index (χ4v) is 8.26. The first kappa shape index (κ1) is 30.7. The summed E-state index contributed by atoms with van der Waals surface area (Å²) in [6.07, 6.45) is 0. The number of aliphatic imine (C=N–C) groups is 2. The van der Waals surface area contributed by atoms with Gasteiger partial charge in [-0.15, -0.1) is 11.3 Å². The lowest BCUT2D eigenvalue weighted by molar-refractivity contribution is 1.18. The number of hydrogen-bond acceptors (Lipinski definition) is 2. The lowest BCUT2D eigenvalue weighted by Gasteiger charge is -2.12. The van der Waals surface area contributed by atoms with Gasteiger partial charge in [-0.25, -0.2) is 9.98 Å². The Bertz CT molecular complexity index is 2800. The molecular formula is C47H33N3S. The van der Waals surface area contributed by atoms with E-state index in [4.69, 9.17) is 9.98 Å². The van der Waals surface area contributed by atoms with Crippen molar-refractivity contribution in [2.45, 2.75) is 6.92 Å². The largest absolute Gasteiger partial charge is 0.309 e. The number of benzene rings is 7. The minimum atomic E-state index is 0.634. The fraction of sp³-hybridized carbons (Fsp3) is 0.0213. The van der Waals surface area contributed by atoms with Crippen molar-refractivity contribution in [2.75, 3.05) is 0 Å². The molecule has 0 aliphatic heterocycles. The van der Waals surface area contributed by atoms with E-state index < -0.39 is 0 Å². The van der Waals surface area contributed by atoms with Crippen molar-refractivity contribution in [3.63, 3.8) is 0 Å². The van der Waals surface area contributed by atoms with E-state index in [1.165, 1.54) is 42.0 Å². The number of rotatable bonds is 6. The van der Waals surface area contributed by atoms with Gasteiger partial charge in [-0.3, -0.25) is 0 Å². The van der Waals surface area contributed by atoms with E-state index >= 15 is 0 Å². The molecule has 2 heterocycles. The quantitative estimate of drug-likeness (QED) is 0.124. The van der Waals surface area contributed by atoms with Gasteiger partial charge in [0.2, 0.25) is 0 Å². The second-order valence-corrected chi connectivity index (χ2v) is 13.8. The van der Waals surface area contributed by atoms with Crippen molar-refractivity contribution in [3.05, 3.63) is 193 Å². The fourth-order valence-electron chi connectivity index (χ4n) is 7.09. The van der Waals surface area contributed by atoms with Crippen molar-refractivity contribution >= 4 is 70.6 Å². The van der Waals surface area contributed by atoms with Crippen molar-refractivity contribution in [3.8, 4) is 16.8 Å². The molecule has 4 heteroatoms. The first-order chi connectivity index (χ1) is 25.1. The Balaban J connectivity index is 1.24. The molecule has 0 radical (unpaired) electrons. The summed E-state index contributed by atoms with van der Waals surface area (Å²) < 4.78 is 4.80. The Labute approximate surface area is 300 Å². The highest BCUT2D eigenvalue weighted by Gasteiger charge is 2.17. The summed E-state index contributed by atoms with van der Waals surface area (Å²) in [5.74, 6) is 0.634. The molecule has 0 saturated heterocycles. The average molecular weight is 672 g/mol. The normalized spacial score (nSPS) is 12.3. The molecule has 0 spiro atoms. The zero-order valence-corrected chi connectivity index (χ0v) is 28.9. The van der Waals surface area contributed by atoms with Crippen LogP contribution >= 0.6 is 11.3 Å². The van der Waals surface area contributed by atoms with Gasteiger partial charge < -0.3 is 4.57 Å². The third-order valence-electron chi connectivity index (χ3n) is 9.55. The number of para-hydroxylation sites is 2. The highest BCUT2D eigenvalue weighted by Crippen LogP contribution is 2.42. The van der Waals surface area contributed by atoms with Crippen molar-refractivity contribution in [2.24, 2.45) is 9.98 Å². The van der Waals surface area contributed by atoms with E-state index in [9.17, 15) is 0 Å². The Morgan fingerprint density at radius 3 is 1.92 bits per heavy atom. The van der Waals surface area contributed by atoms with E-state index in [2.05, 4.69) is 145 Å². The zero-order chi connectivity index (χ0) is 34.3. The lowest BCUT2D eigenvalue weighted by Crippen LogP contribution is -2.04. The van der Waals surface area contributed by atoms with Gasteiger partial charge >= 0.3 is 0 Å². The van der Waals surface area contributed by atoms with Crippen molar-refractivity contribution < 1.29 is 0 Å². The van der Waals surface area contributed by atoms with Crippen LogP contribution in [0.5, 0.6) is 0 Å². The standard InChI is InChI=1S/C47H33N3S/c1-31(33-16-6-3-7-17-33)48-47(34-18-8-4-9-19-34)49-32(2)40-29-36(30-45-46(40)39-23-13-15-25-44(39)51-45)35-26-27-43-41(28-35)38-22-12-14-24-42(38)50(43)37-20-10-5-11-21-37/h3-30H,2H2,1H3/b48-31+,49-47-. The number of amidine groups is 1. The van der Waals surface area contributed by atoms with Gasteiger partial charge in [0.15, 0.2) is 5.84 Å².